The Labute approximate surface area is 115 Å². The van der Waals surface area contributed by atoms with Gasteiger partial charge in [0.25, 0.3) is 0 Å². The van der Waals surface area contributed by atoms with Crippen molar-refractivity contribution < 1.29 is 4.74 Å². The lowest BCUT2D eigenvalue weighted by atomic mass is 9.95. The monoisotopic (exact) mass is 260 g/mol. The van der Waals surface area contributed by atoms with Crippen LogP contribution in [0.4, 0.5) is 0 Å². The zero-order valence-electron chi connectivity index (χ0n) is 12.4. The van der Waals surface area contributed by atoms with Crippen LogP contribution in [0.25, 0.3) is 10.9 Å². The van der Waals surface area contributed by atoms with Crippen LogP contribution in [0.2, 0.25) is 0 Å². The summed E-state index contributed by atoms with van der Waals surface area (Å²) >= 11 is 0. The number of aromatic nitrogens is 1. The first kappa shape index (κ1) is 13.9. The molecule has 1 aromatic carbocycles. The van der Waals surface area contributed by atoms with Crippen LogP contribution in [-0.2, 0) is 0 Å². The molecule has 1 aromatic heterocycles. The number of rotatable bonds is 5. The third kappa shape index (κ3) is 2.92. The zero-order valence-corrected chi connectivity index (χ0v) is 12.4. The van der Waals surface area contributed by atoms with E-state index < -0.39 is 0 Å². The van der Waals surface area contributed by atoms with Crippen molar-refractivity contribution >= 4 is 10.9 Å². The van der Waals surface area contributed by atoms with Crippen LogP contribution in [0.1, 0.15) is 39.3 Å². The molecule has 2 N–H and O–H groups in total. The second kappa shape index (κ2) is 5.66. The molecule has 0 spiro atoms. The summed E-state index contributed by atoms with van der Waals surface area (Å²) in [5, 5.41) is 4.92. The summed E-state index contributed by atoms with van der Waals surface area (Å²) in [5.74, 6) is 1.43. The van der Waals surface area contributed by atoms with Gasteiger partial charge in [-0.2, -0.15) is 0 Å². The van der Waals surface area contributed by atoms with E-state index in [0.29, 0.717) is 18.0 Å². The number of hydrogen-bond donors (Lipinski definition) is 2. The van der Waals surface area contributed by atoms with Crippen LogP contribution < -0.4 is 10.1 Å². The molecule has 0 fully saturated rings. The van der Waals surface area contributed by atoms with Crippen molar-refractivity contribution in [2.75, 3.05) is 7.11 Å². The molecule has 0 saturated carbocycles. The molecular weight excluding hydrogens is 236 g/mol. The summed E-state index contributed by atoms with van der Waals surface area (Å²) in [4.78, 5) is 3.35. The third-order valence-corrected chi connectivity index (χ3v) is 3.44. The van der Waals surface area contributed by atoms with E-state index in [2.05, 4.69) is 50.3 Å². The molecule has 2 rings (SSSR count). The Morgan fingerprint density at radius 2 is 1.89 bits per heavy atom. The van der Waals surface area contributed by atoms with Gasteiger partial charge in [0, 0.05) is 35.2 Å². The van der Waals surface area contributed by atoms with E-state index >= 15 is 0 Å². The first-order valence-corrected chi connectivity index (χ1v) is 6.94. The summed E-state index contributed by atoms with van der Waals surface area (Å²) in [6.07, 6.45) is 2.12. The highest BCUT2D eigenvalue weighted by Crippen LogP contribution is 2.31. The van der Waals surface area contributed by atoms with Gasteiger partial charge in [-0.15, -0.1) is 0 Å². The average molecular weight is 260 g/mol. The predicted octanol–water partition coefficient (Wildman–Crippen LogP) is 3.87. The van der Waals surface area contributed by atoms with Crippen molar-refractivity contribution in [3.63, 3.8) is 0 Å². The van der Waals surface area contributed by atoms with Gasteiger partial charge >= 0.3 is 0 Å². The maximum absolute atomic E-state index is 5.27. The van der Waals surface area contributed by atoms with Crippen LogP contribution in [0.15, 0.2) is 24.4 Å². The minimum atomic E-state index is 0.363. The quantitative estimate of drug-likeness (QED) is 0.856. The van der Waals surface area contributed by atoms with Gasteiger partial charge in [-0.3, -0.25) is 0 Å². The molecule has 104 valence electrons. The fraction of sp³-hybridized carbons (Fsp3) is 0.500. The molecule has 0 bridgehead atoms. The average Bonchev–Trinajstić information content (AvgIpc) is 2.77. The second-order valence-corrected chi connectivity index (χ2v) is 5.70. The highest BCUT2D eigenvalue weighted by molar-refractivity contribution is 5.85. The molecule has 0 aliphatic carbocycles. The molecule has 1 unspecified atom stereocenters. The highest BCUT2D eigenvalue weighted by Gasteiger charge is 2.19. The first-order valence-electron chi connectivity index (χ1n) is 6.94. The second-order valence-electron chi connectivity index (χ2n) is 5.70. The number of H-pyrrole nitrogens is 1. The first-order chi connectivity index (χ1) is 9.02. The number of hydrogen-bond acceptors (Lipinski definition) is 2. The fourth-order valence-electron chi connectivity index (χ4n) is 2.51. The number of ether oxygens (including phenoxy) is 1. The van der Waals surface area contributed by atoms with Crippen molar-refractivity contribution in [1.82, 2.24) is 10.3 Å². The summed E-state index contributed by atoms with van der Waals surface area (Å²) < 4.78 is 5.27. The molecule has 2 aromatic rings. The SMILES string of the molecule is COc1ccc2c(C(NC(C)C)C(C)C)c[nH]c2c1. The lowest BCUT2D eigenvalue weighted by Gasteiger charge is -2.24. The van der Waals surface area contributed by atoms with E-state index in [9.17, 15) is 0 Å². The van der Waals surface area contributed by atoms with Crippen LogP contribution >= 0.6 is 0 Å². The maximum Gasteiger partial charge on any atom is 0.120 e. The number of benzene rings is 1. The van der Waals surface area contributed by atoms with Crippen LogP contribution in [-0.4, -0.2) is 18.1 Å². The minimum Gasteiger partial charge on any atom is -0.497 e. The van der Waals surface area contributed by atoms with Gasteiger partial charge in [0.1, 0.15) is 5.75 Å². The van der Waals surface area contributed by atoms with Crippen molar-refractivity contribution in [3.8, 4) is 5.75 Å². The fourth-order valence-corrected chi connectivity index (χ4v) is 2.51. The van der Waals surface area contributed by atoms with Gasteiger partial charge in [0.05, 0.1) is 7.11 Å². The number of nitrogens with one attached hydrogen (secondary N) is 2. The van der Waals surface area contributed by atoms with Gasteiger partial charge < -0.3 is 15.0 Å². The van der Waals surface area contributed by atoms with E-state index in [4.69, 9.17) is 4.74 Å². The molecule has 0 aliphatic heterocycles. The van der Waals surface area contributed by atoms with Crippen molar-refractivity contribution in [2.24, 2.45) is 5.92 Å². The van der Waals surface area contributed by atoms with Gasteiger partial charge in [0.2, 0.25) is 0 Å². The molecule has 0 radical (unpaired) electrons. The van der Waals surface area contributed by atoms with E-state index in [1.807, 2.05) is 12.1 Å². The lowest BCUT2D eigenvalue weighted by Crippen LogP contribution is -2.31. The van der Waals surface area contributed by atoms with E-state index in [0.717, 1.165) is 11.3 Å². The maximum atomic E-state index is 5.27. The third-order valence-electron chi connectivity index (χ3n) is 3.44. The Balaban J connectivity index is 2.42. The lowest BCUT2D eigenvalue weighted by molar-refractivity contribution is 0.383. The Kier molecular flexibility index (Phi) is 4.15. The summed E-state index contributed by atoms with van der Waals surface area (Å²) in [6, 6.07) is 7.04. The zero-order chi connectivity index (χ0) is 14.0. The molecule has 3 heteroatoms. The Morgan fingerprint density at radius 1 is 1.16 bits per heavy atom. The highest BCUT2D eigenvalue weighted by atomic mass is 16.5. The normalized spacial score (nSPS) is 13.4. The molecule has 0 amide bonds. The molecule has 3 nitrogen and oxygen atoms in total. The Morgan fingerprint density at radius 3 is 2.47 bits per heavy atom. The van der Waals surface area contributed by atoms with Crippen LogP contribution in [0.5, 0.6) is 5.75 Å². The standard InChI is InChI=1S/C16H24N2O/c1-10(2)16(18-11(3)4)14-9-17-15-8-12(19-5)6-7-13(14)15/h6-11,16-18H,1-5H3. The van der Waals surface area contributed by atoms with Crippen molar-refractivity contribution in [3.05, 3.63) is 30.0 Å². The predicted molar refractivity (Wildman–Crippen MR) is 80.7 cm³/mol. The van der Waals surface area contributed by atoms with Gasteiger partial charge in [-0.25, -0.2) is 0 Å². The van der Waals surface area contributed by atoms with E-state index in [1.54, 1.807) is 7.11 Å². The van der Waals surface area contributed by atoms with Gasteiger partial charge in [0.15, 0.2) is 0 Å². The van der Waals surface area contributed by atoms with E-state index in [-0.39, 0.29) is 0 Å². The molecule has 0 saturated heterocycles. The largest absolute Gasteiger partial charge is 0.497 e. The van der Waals surface area contributed by atoms with Crippen molar-refractivity contribution in [2.45, 2.75) is 39.8 Å². The van der Waals surface area contributed by atoms with Crippen LogP contribution in [0.3, 0.4) is 0 Å². The Hall–Kier alpha value is -1.48. The number of fused-ring (bicyclic) bond motifs is 1. The molecule has 19 heavy (non-hydrogen) atoms. The van der Waals surface area contributed by atoms with Crippen LogP contribution in [0, 0.1) is 5.92 Å². The topological polar surface area (TPSA) is 37.0 Å². The molecule has 0 aliphatic rings. The van der Waals surface area contributed by atoms with Crippen molar-refractivity contribution in [1.29, 1.82) is 0 Å². The smallest absolute Gasteiger partial charge is 0.120 e. The van der Waals surface area contributed by atoms with Gasteiger partial charge in [-0.05, 0) is 23.6 Å². The Bertz CT molecular complexity index is 543. The summed E-state index contributed by atoms with van der Waals surface area (Å²) in [5.41, 5.74) is 2.46. The van der Waals surface area contributed by atoms with E-state index in [1.165, 1.54) is 10.9 Å². The van der Waals surface area contributed by atoms with Gasteiger partial charge in [-0.1, -0.05) is 27.7 Å². The number of methoxy groups -OCH3 is 1. The minimum absolute atomic E-state index is 0.363. The number of aromatic amines is 1. The summed E-state index contributed by atoms with van der Waals surface area (Å²) in [6.45, 7) is 8.88. The summed E-state index contributed by atoms with van der Waals surface area (Å²) in [7, 11) is 1.70. The molecule has 1 atom stereocenters. The molecular formula is C16H24N2O. The molecule has 1 heterocycles.